The van der Waals surface area contributed by atoms with Gasteiger partial charge in [-0.3, -0.25) is 14.4 Å². The maximum atomic E-state index is 12.9. The Morgan fingerprint density at radius 3 is 0.782 bits per heavy atom. The molecule has 0 aliphatic rings. The molecule has 0 aromatic rings. The minimum atomic E-state index is -0.796. The van der Waals surface area contributed by atoms with Crippen molar-refractivity contribution in [2.75, 3.05) is 13.2 Å². The topological polar surface area (TPSA) is 78.9 Å². The summed E-state index contributed by atoms with van der Waals surface area (Å²) in [7, 11) is 0. The van der Waals surface area contributed by atoms with Crippen molar-refractivity contribution in [1.29, 1.82) is 0 Å². The number of esters is 3. The molecule has 1 atom stereocenters. The number of hydrogen-bond donors (Lipinski definition) is 0. The maximum Gasteiger partial charge on any atom is 0.306 e. The van der Waals surface area contributed by atoms with Crippen LogP contribution in [0.5, 0.6) is 0 Å². The van der Waals surface area contributed by atoms with Crippen molar-refractivity contribution >= 4 is 17.9 Å². The summed E-state index contributed by atoms with van der Waals surface area (Å²) in [5.74, 6) is -0.913. The minimum absolute atomic E-state index is 0.0899. The Morgan fingerprint density at radius 2 is 0.500 bits per heavy atom. The predicted octanol–water partition coefficient (Wildman–Crippen LogP) is 22.4. The molecule has 0 heterocycles. The highest BCUT2D eigenvalue weighted by molar-refractivity contribution is 5.71. The van der Waals surface area contributed by atoms with Crippen LogP contribution < -0.4 is 0 Å². The summed E-state index contributed by atoms with van der Waals surface area (Å²) in [5, 5.41) is 0. The van der Waals surface area contributed by atoms with Gasteiger partial charge >= 0.3 is 17.9 Å². The monoisotopic (exact) mass is 1080 g/mol. The number of unbranched alkanes of at least 4 members (excludes halogenated alkanes) is 27. The molecule has 0 N–H and O–H groups in total. The Balaban J connectivity index is 4.33. The van der Waals surface area contributed by atoms with Crippen LogP contribution in [0.25, 0.3) is 0 Å². The molecule has 0 fully saturated rings. The van der Waals surface area contributed by atoms with E-state index in [4.69, 9.17) is 14.2 Å². The number of carbonyl (C=O) groups excluding carboxylic acids is 3. The summed E-state index contributed by atoms with van der Waals surface area (Å²) in [6, 6.07) is 0. The van der Waals surface area contributed by atoms with Gasteiger partial charge in [-0.05, 0) is 122 Å². The van der Waals surface area contributed by atoms with Crippen molar-refractivity contribution in [3.8, 4) is 0 Å². The molecular weight excluding hydrogens is 961 g/mol. The number of rotatable bonds is 58. The lowest BCUT2D eigenvalue weighted by Gasteiger charge is -2.18. The number of ether oxygens (including phenoxy) is 3. The first-order valence-corrected chi connectivity index (χ1v) is 32.5. The van der Waals surface area contributed by atoms with Gasteiger partial charge in [-0.15, -0.1) is 0 Å². The maximum absolute atomic E-state index is 12.9. The van der Waals surface area contributed by atoms with E-state index in [1.165, 1.54) is 109 Å². The van der Waals surface area contributed by atoms with Gasteiger partial charge in [0.2, 0.25) is 0 Å². The van der Waals surface area contributed by atoms with Crippen LogP contribution in [-0.2, 0) is 28.6 Å². The Morgan fingerprint density at radius 1 is 0.269 bits per heavy atom. The molecule has 0 rings (SSSR count). The van der Waals surface area contributed by atoms with Crippen LogP contribution in [-0.4, -0.2) is 37.2 Å². The lowest BCUT2D eigenvalue weighted by atomic mass is 10.0. The Labute approximate surface area is 482 Å². The van der Waals surface area contributed by atoms with Crippen LogP contribution in [0.1, 0.15) is 297 Å². The van der Waals surface area contributed by atoms with Crippen molar-refractivity contribution in [2.45, 2.75) is 303 Å². The smallest absolute Gasteiger partial charge is 0.306 e. The van der Waals surface area contributed by atoms with Gasteiger partial charge in [0.1, 0.15) is 13.2 Å². The molecule has 0 aliphatic carbocycles. The van der Waals surface area contributed by atoms with Gasteiger partial charge in [-0.2, -0.15) is 0 Å². The highest BCUT2D eigenvalue weighted by Crippen LogP contribution is 2.16. The summed E-state index contributed by atoms with van der Waals surface area (Å²) in [4.78, 5) is 38.3. The van der Waals surface area contributed by atoms with E-state index in [-0.39, 0.29) is 31.1 Å². The van der Waals surface area contributed by atoms with Gasteiger partial charge in [0.15, 0.2) is 6.10 Å². The molecule has 0 saturated carbocycles. The third-order valence-electron chi connectivity index (χ3n) is 13.7. The molecule has 0 spiro atoms. The number of hydrogen-bond acceptors (Lipinski definition) is 6. The molecule has 6 nitrogen and oxygen atoms in total. The van der Waals surface area contributed by atoms with Crippen LogP contribution in [0.2, 0.25) is 0 Å². The molecule has 0 radical (unpaired) electrons. The fraction of sp³-hybridized carbons (Fsp3) is 0.681. The second kappa shape index (κ2) is 65.3. The molecule has 0 aromatic heterocycles. The standard InChI is InChI=1S/C72H120O6/c1-4-7-10-13-16-19-22-25-28-30-32-33-34-35-36-37-38-39-41-42-44-47-50-53-56-59-62-65-71(74)77-68-69(67-76-70(73)64-61-58-55-52-49-46-27-24-21-18-15-12-9-6-3)78-72(75)66-63-60-57-54-51-48-45-43-40-31-29-26-23-20-17-14-11-8-5-2/h7-8,10-11,15-20,24-29,32-33,40,43,69H,4-6,9,12-14,21-23,30-31,34-39,41-42,44-68H2,1-3H3/b10-7-,11-8-,18-15-,19-16-,20-17-,27-24-,28-25-,29-26-,33-32-,43-40-. The summed E-state index contributed by atoms with van der Waals surface area (Å²) >= 11 is 0. The molecule has 1 unspecified atom stereocenters. The summed E-state index contributed by atoms with van der Waals surface area (Å²) in [6.07, 6.45) is 90.6. The average molecular weight is 1080 g/mol. The Kier molecular flexibility index (Phi) is 61.8. The summed E-state index contributed by atoms with van der Waals surface area (Å²) < 4.78 is 16.9. The third-order valence-corrected chi connectivity index (χ3v) is 13.7. The van der Waals surface area contributed by atoms with Gasteiger partial charge in [-0.25, -0.2) is 0 Å². The first kappa shape index (κ1) is 73.8. The van der Waals surface area contributed by atoms with E-state index >= 15 is 0 Å². The molecule has 0 amide bonds. The van der Waals surface area contributed by atoms with Gasteiger partial charge in [0, 0.05) is 19.3 Å². The van der Waals surface area contributed by atoms with E-state index in [2.05, 4.69) is 142 Å². The van der Waals surface area contributed by atoms with E-state index in [0.29, 0.717) is 19.3 Å². The SMILES string of the molecule is CC/C=C\C/C=C\C/C=C\C/C=C\CCCCCCCCCCCCCCCCC(=O)OCC(COC(=O)CCCCCCC/C=C\C/C=C\CCCC)OC(=O)CCCCCCCC/C=C\C/C=C\C/C=C\C/C=C\CC. The third kappa shape index (κ3) is 62.7. The van der Waals surface area contributed by atoms with E-state index < -0.39 is 6.10 Å². The van der Waals surface area contributed by atoms with Gasteiger partial charge in [0.25, 0.3) is 0 Å². The summed E-state index contributed by atoms with van der Waals surface area (Å²) in [6.45, 7) is 6.37. The fourth-order valence-corrected chi connectivity index (χ4v) is 8.85. The van der Waals surface area contributed by atoms with Gasteiger partial charge in [0.05, 0.1) is 0 Å². The Hall–Kier alpha value is -4.19. The van der Waals surface area contributed by atoms with Crippen molar-refractivity contribution in [3.63, 3.8) is 0 Å². The number of carbonyl (C=O) groups is 3. The molecular formula is C72H120O6. The molecule has 0 aromatic carbocycles. The van der Waals surface area contributed by atoms with Crippen molar-refractivity contribution < 1.29 is 28.6 Å². The van der Waals surface area contributed by atoms with E-state index in [9.17, 15) is 14.4 Å². The molecule has 6 heteroatoms. The van der Waals surface area contributed by atoms with Crippen LogP contribution in [0.4, 0.5) is 0 Å². The zero-order valence-electron chi connectivity index (χ0n) is 50.9. The first-order valence-electron chi connectivity index (χ1n) is 32.5. The lowest BCUT2D eigenvalue weighted by molar-refractivity contribution is -0.167. The van der Waals surface area contributed by atoms with E-state index in [0.717, 1.165) is 148 Å². The fourth-order valence-electron chi connectivity index (χ4n) is 8.85. The first-order chi connectivity index (χ1) is 38.5. The van der Waals surface area contributed by atoms with Crippen LogP contribution in [0.15, 0.2) is 122 Å². The predicted molar refractivity (Wildman–Crippen MR) is 339 cm³/mol. The van der Waals surface area contributed by atoms with Crippen molar-refractivity contribution in [3.05, 3.63) is 122 Å². The van der Waals surface area contributed by atoms with E-state index in [1.54, 1.807) is 0 Å². The second-order valence-corrected chi connectivity index (χ2v) is 21.3. The summed E-state index contributed by atoms with van der Waals surface area (Å²) in [5.41, 5.74) is 0. The highest BCUT2D eigenvalue weighted by Gasteiger charge is 2.19. The molecule has 0 bridgehead atoms. The zero-order valence-corrected chi connectivity index (χ0v) is 50.9. The minimum Gasteiger partial charge on any atom is -0.462 e. The highest BCUT2D eigenvalue weighted by atomic mass is 16.6. The number of allylic oxidation sites excluding steroid dienone is 20. The lowest BCUT2D eigenvalue weighted by Crippen LogP contribution is -2.30. The van der Waals surface area contributed by atoms with Crippen LogP contribution in [0, 0.1) is 0 Å². The van der Waals surface area contributed by atoms with Crippen molar-refractivity contribution in [2.24, 2.45) is 0 Å². The molecule has 0 saturated heterocycles. The molecule has 78 heavy (non-hydrogen) atoms. The van der Waals surface area contributed by atoms with Crippen LogP contribution in [0.3, 0.4) is 0 Å². The molecule has 444 valence electrons. The normalized spacial score (nSPS) is 12.9. The van der Waals surface area contributed by atoms with Gasteiger partial charge in [-0.1, -0.05) is 277 Å². The average Bonchev–Trinajstić information content (AvgIpc) is 3.44. The van der Waals surface area contributed by atoms with Gasteiger partial charge < -0.3 is 14.2 Å². The Bertz CT molecular complexity index is 1620. The van der Waals surface area contributed by atoms with Crippen LogP contribution >= 0.6 is 0 Å². The largest absolute Gasteiger partial charge is 0.462 e. The second-order valence-electron chi connectivity index (χ2n) is 21.3. The molecule has 0 aliphatic heterocycles. The van der Waals surface area contributed by atoms with E-state index in [1.807, 2.05) is 0 Å². The zero-order chi connectivity index (χ0) is 56.4. The van der Waals surface area contributed by atoms with Crippen molar-refractivity contribution in [1.82, 2.24) is 0 Å². The quantitative estimate of drug-likeness (QED) is 0.0261.